The molecule has 0 saturated heterocycles. The van der Waals surface area contributed by atoms with Crippen LogP contribution in [-0.4, -0.2) is 27.7 Å². The molecule has 3 rings (SSSR count). The van der Waals surface area contributed by atoms with E-state index in [-0.39, 0.29) is 28.6 Å². The van der Waals surface area contributed by atoms with Crippen LogP contribution in [0.3, 0.4) is 0 Å². The van der Waals surface area contributed by atoms with E-state index in [9.17, 15) is 15.0 Å². The molecule has 0 heterocycles. The lowest BCUT2D eigenvalue weighted by atomic mass is 9.41. The first-order chi connectivity index (χ1) is 10.5. The third kappa shape index (κ3) is 2.19. The Morgan fingerprint density at radius 1 is 1.22 bits per heavy atom. The van der Waals surface area contributed by atoms with Crippen LogP contribution in [-0.2, 0) is 4.79 Å². The van der Waals surface area contributed by atoms with Crippen LogP contribution in [0.2, 0.25) is 0 Å². The lowest BCUT2D eigenvalue weighted by Crippen LogP contribution is -2.66. The van der Waals surface area contributed by atoms with Crippen molar-refractivity contribution in [1.82, 2.24) is 0 Å². The average molecular weight is 320 g/mol. The van der Waals surface area contributed by atoms with Crippen LogP contribution in [0.25, 0.3) is 0 Å². The third-order valence-corrected chi connectivity index (χ3v) is 7.90. The predicted octanol–water partition coefficient (Wildman–Crippen LogP) is 3.49. The predicted molar refractivity (Wildman–Crippen MR) is 90.8 cm³/mol. The van der Waals surface area contributed by atoms with Crippen molar-refractivity contribution in [2.45, 2.75) is 77.9 Å². The molecule has 0 bridgehead atoms. The van der Waals surface area contributed by atoms with E-state index < -0.39 is 11.0 Å². The van der Waals surface area contributed by atoms with Gasteiger partial charge in [-0.25, -0.2) is 0 Å². The van der Waals surface area contributed by atoms with Crippen LogP contribution in [0.4, 0.5) is 0 Å². The molecule has 2 N–H and O–H groups in total. The molecule has 130 valence electrons. The van der Waals surface area contributed by atoms with Crippen molar-refractivity contribution in [3.8, 4) is 0 Å². The van der Waals surface area contributed by atoms with E-state index in [2.05, 4.69) is 27.4 Å². The van der Waals surface area contributed by atoms with E-state index in [1.165, 1.54) is 0 Å². The van der Waals surface area contributed by atoms with Gasteiger partial charge < -0.3 is 10.2 Å². The Balaban J connectivity index is 2.02. The summed E-state index contributed by atoms with van der Waals surface area (Å²) < 4.78 is 0. The quantitative estimate of drug-likeness (QED) is 0.727. The molecular weight excluding hydrogens is 288 g/mol. The molecule has 3 fully saturated rings. The second kappa shape index (κ2) is 4.92. The molecule has 3 aliphatic carbocycles. The molecule has 3 heteroatoms. The second-order valence-electron chi connectivity index (χ2n) is 9.62. The molecule has 23 heavy (non-hydrogen) atoms. The molecule has 0 spiro atoms. The van der Waals surface area contributed by atoms with Gasteiger partial charge in [0.05, 0.1) is 11.7 Å². The number of carbonyl (C=O) groups excluding carboxylic acids is 1. The van der Waals surface area contributed by atoms with Crippen molar-refractivity contribution in [1.29, 1.82) is 0 Å². The van der Waals surface area contributed by atoms with Crippen LogP contribution >= 0.6 is 0 Å². The Morgan fingerprint density at radius 3 is 2.48 bits per heavy atom. The summed E-state index contributed by atoms with van der Waals surface area (Å²) >= 11 is 0. The molecule has 0 radical (unpaired) electrons. The summed E-state index contributed by atoms with van der Waals surface area (Å²) in [6.45, 7) is 12.2. The van der Waals surface area contributed by atoms with Crippen molar-refractivity contribution < 1.29 is 15.0 Å². The van der Waals surface area contributed by atoms with E-state index in [0.717, 1.165) is 19.3 Å². The number of hydrogen-bond donors (Lipinski definition) is 2. The maximum absolute atomic E-state index is 12.8. The van der Waals surface area contributed by atoms with Gasteiger partial charge in [0.2, 0.25) is 0 Å². The Bertz CT molecular complexity index is 539. The number of Topliss-reactive ketones (excluding diaryl/α,β-unsaturated/α-hetero) is 1. The highest BCUT2D eigenvalue weighted by atomic mass is 16.3. The summed E-state index contributed by atoms with van der Waals surface area (Å²) in [4.78, 5) is 12.8. The molecule has 3 aliphatic rings. The van der Waals surface area contributed by atoms with Gasteiger partial charge in [0, 0.05) is 11.8 Å². The largest absolute Gasteiger partial charge is 0.393 e. The van der Waals surface area contributed by atoms with Crippen molar-refractivity contribution in [3.05, 3.63) is 12.7 Å². The minimum atomic E-state index is -0.778. The summed E-state index contributed by atoms with van der Waals surface area (Å²) in [6.07, 6.45) is 5.75. The Hall–Kier alpha value is -0.670. The first kappa shape index (κ1) is 17.2. The molecule has 3 nitrogen and oxygen atoms in total. The standard InChI is InChI=1S/C20H32O3/c1-6-18(4)10-13-7-8-20(23)15(19(13,5)12-16(18)22)9-14(21)11-17(20,2)3/h6,13-15,21,23H,1,7-12H2,2-5H3/t13?,14-,15?,18?,19?,20?/m0/s1. The highest BCUT2D eigenvalue weighted by Gasteiger charge is 2.65. The molecular formula is C20H32O3. The Labute approximate surface area is 140 Å². The summed E-state index contributed by atoms with van der Waals surface area (Å²) in [5.74, 6) is 0.647. The highest BCUT2D eigenvalue weighted by molar-refractivity contribution is 5.87. The number of rotatable bonds is 1. The number of aliphatic hydroxyl groups is 2. The highest BCUT2D eigenvalue weighted by Crippen LogP contribution is 2.65. The van der Waals surface area contributed by atoms with Gasteiger partial charge in [-0.05, 0) is 61.7 Å². The monoisotopic (exact) mass is 320 g/mol. The molecule has 0 amide bonds. The SMILES string of the molecule is C=CC1(C)CC2CCC3(O)C(C[C@H](O)CC3(C)C)C2(C)CC1=O. The fourth-order valence-corrected chi connectivity index (χ4v) is 6.10. The summed E-state index contributed by atoms with van der Waals surface area (Å²) in [7, 11) is 0. The van der Waals surface area contributed by atoms with Gasteiger partial charge in [-0.3, -0.25) is 4.79 Å². The van der Waals surface area contributed by atoms with Crippen LogP contribution in [0.1, 0.15) is 66.2 Å². The summed E-state index contributed by atoms with van der Waals surface area (Å²) in [5, 5.41) is 22.0. The normalized spacial score (nSPS) is 52.4. The minimum absolute atomic E-state index is 0.00850. The second-order valence-corrected chi connectivity index (χ2v) is 9.62. The molecule has 6 atom stereocenters. The number of fused-ring (bicyclic) bond motifs is 3. The third-order valence-electron chi connectivity index (χ3n) is 7.90. The zero-order valence-corrected chi connectivity index (χ0v) is 15.1. The van der Waals surface area contributed by atoms with Crippen LogP contribution in [0, 0.1) is 28.1 Å². The van der Waals surface area contributed by atoms with Crippen molar-refractivity contribution in [3.63, 3.8) is 0 Å². The van der Waals surface area contributed by atoms with Crippen molar-refractivity contribution in [2.75, 3.05) is 0 Å². The van der Waals surface area contributed by atoms with E-state index >= 15 is 0 Å². The number of allylic oxidation sites excluding steroid dienone is 1. The van der Waals surface area contributed by atoms with Crippen molar-refractivity contribution >= 4 is 5.78 Å². The lowest BCUT2D eigenvalue weighted by Gasteiger charge is -2.65. The van der Waals surface area contributed by atoms with E-state index in [4.69, 9.17) is 0 Å². The molecule has 3 saturated carbocycles. The summed E-state index contributed by atoms with van der Waals surface area (Å²) in [5.41, 5.74) is -1.74. The summed E-state index contributed by atoms with van der Waals surface area (Å²) in [6, 6.07) is 0. The fraction of sp³-hybridized carbons (Fsp3) is 0.850. The zero-order chi connectivity index (χ0) is 17.3. The van der Waals surface area contributed by atoms with E-state index in [0.29, 0.717) is 25.2 Å². The maximum atomic E-state index is 12.8. The molecule has 5 unspecified atom stereocenters. The first-order valence-electron chi connectivity index (χ1n) is 9.06. The first-order valence-corrected chi connectivity index (χ1v) is 9.06. The minimum Gasteiger partial charge on any atom is -0.393 e. The Morgan fingerprint density at radius 2 is 1.87 bits per heavy atom. The topological polar surface area (TPSA) is 57.5 Å². The van der Waals surface area contributed by atoms with Gasteiger partial charge in [-0.15, -0.1) is 6.58 Å². The maximum Gasteiger partial charge on any atom is 0.143 e. The zero-order valence-electron chi connectivity index (χ0n) is 15.1. The van der Waals surface area contributed by atoms with Gasteiger partial charge in [0.1, 0.15) is 5.78 Å². The molecule has 0 aromatic heterocycles. The van der Waals surface area contributed by atoms with E-state index in [1.54, 1.807) is 0 Å². The van der Waals surface area contributed by atoms with Gasteiger partial charge in [-0.2, -0.15) is 0 Å². The number of hydrogen-bond acceptors (Lipinski definition) is 3. The van der Waals surface area contributed by atoms with Gasteiger partial charge in [0.25, 0.3) is 0 Å². The van der Waals surface area contributed by atoms with Gasteiger partial charge in [-0.1, -0.05) is 26.8 Å². The number of ketones is 1. The number of aliphatic hydroxyl groups excluding tert-OH is 1. The van der Waals surface area contributed by atoms with Crippen LogP contribution in [0.5, 0.6) is 0 Å². The average Bonchev–Trinajstić information content (AvgIpc) is 2.44. The fourth-order valence-electron chi connectivity index (χ4n) is 6.10. The van der Waals surface area contributed by atoms with Gasteiger partial charge >= 0.3 is 0 Å². The van der Waals surface area contributed by atoms with Crippen LogP contribution < -0.4 is 0 Å². The van der Waals surface area contributed by atoms with Crippen molar-refractivity contribution in [2.24, 2.45) is 28.1 Å². The lowest BCUT2D eigenvalue weighted by molar-refractivity contribution is -0.238. The van der Waals surface area contributed by atoms with E-state index in [1.807, 2.05) is 13.0 Å². The molecule has 0 aromatic rings. The van der Waals surface area contributed by atoms with Gasteiger partial charge in [0.15, 0.2) is 0 Å². The number of carbonyl (C=O) groups is 1. The Kier molecular flexibility index (Phi) is 3.67. The molecule has 0 aromatic carbocycles. The molecule has 0 aliphatic heterocycles. The van der Waals surface area contributed by atoms with Crippen LogP contribution in [0.15, 0.2) is 12.7 Å². The smallest absolute Gasteiger partial charge is 0.143 e.